The van der Waals surface area contributed by atoms with Crippen molar-refractivity contribution < 1.29 is 14.3 Å². The van der Waals surface area contributed by atoms with Gasteiger partial charge in [0.15, 0.2) is 6.29 Å². The van der Waals surface area contributed by atoms with Crippen molar-refractivity contribution in [3.63, 3.8) is 0 Å². The van der Waals surface area contributed by atoms with E-state index in [1.165, 1.54) is 0 Å². The third-order valence-electron chi connectivity index (χ3n) is 4.59. The number of aromatic amines is 1. The Bertz CT molecular complexity index is 724. The number of nitrogens with one attached hydrogen (secondary N) is 1. The summed E-state index contributed by atoms with van der Waals surface area (Å²) in [5.41, 5.74) is 1.51. The van der Waals surface area contributed by atoms with Crippen molar-refractivity contribution in [3.05, 3.63) is 35.0 Å². The van der Waals surface area contributed by atoms with Gasteiger partial charge in [0, 0.05) is 22.5 Å². The van der Waals surface area contributed by atoms with Gasteiger partial charge in [0.25, 0.3) is 5.91 Å². The zero-order valence-corrected chi connectivity index (χ0v) is 13.5. The SMILES string of the molecule is O=C(c1cc2cc(Cl)ccc2[nH]1)N1CCCC[C@@H]1C1OCCO1. The summed E-state index contributed by atoms with van der Waals surface area (Å²) in [6.07, 6.45) is 2.74. The fourth-order valence-electron chi connectivity index (χ4n) is 3.46. The molecule has 5 nitrogen and oxygen atoms in total. The Morgan fingerprint density at radius 3 is 2.87 bits per heavy atom. The minimum absolute atomic E-state index is 0.00104. The Morgan fingerprint density at radius 1 is 1.22 bits per heavy atom. The van der Waals surface area contributed by atoms with Crippen molar-refractivity contribution in [2.24, 2.45) is 0 Å². The Hall–Kier alpha value is -1.56. The van der Waals surface area contributed by atoms with Gasteiger partial charge in [-0.05, 0) is 43.5 Å². The molecule has 1 aromatic heterocycles. The van der Waals surface area contributed by atoms with Crippen molar-refractivity contribution in [2.75, 3.05) is 19.8 Å². The number of benzene rings is 1. The van der Waals surface area contributed by atoms with Crippen LogP contribution in [0.15, 0.2) is 24.3 Å². The van der Waals surface area contributed by atoms with Gasteiger partial charge >= 0.3 is 0 Å². The summed E-state index contributed by atoms with van der Waals surface area (Å²) in [5, 5.41) is 1.61. The third kappa shape index (κ3) is 2.84. The van der Waals surface area contributed by atoms with Gasteiger partial charge in [-0.1, -0.05) is 11.6 Å². The zero-order chi connectivity index (χ0) is 15.8. The number of ether oxygens (including phenoxy) is 2. The van der Waals surface area contributed by atoms with E-state index in [2.05, 4.69) is 4.98 Å². The van der Waals surface area contributed by atoms with Crippen LogP contribution >= 0.6 is 11.6 Å². The van der Waals surface area contributed by atoms with Crippen molar-refractivity contribution >= 4 is 28.4 Å². The molecule has 6 heteroatoms. The van der Waals surface area contributed by atoms with E-state index >= 15 is 0 Å². The fraction of sp³-hybridized carbons (Fsp3) is 0.471. The van der Waals surface area contributed by atoms with Crippen molar-refractivity contribution in [3.8, 4) is 0 Å². The molecule has 2 aliphatic rings. The highest BCUT2D eigenvalue weighted by Crippen LogP contribution is 2.27. The Labute approximate surface area is 139 Å². The second kappa shape index (κ2) is 6.15. The van der Waals surface area contributed by atoms with Gasteiger partial charge < -0.3 is 19.4 Å². The number of carbonyl (C=O) groups is 1. The number of nitrogens with zero attached hydrogens (tertiary/aromatic N) is 1. The van der Waals surface area contributed by atoms with Crippen molar-refractivity contribution in [1.29, 1.82) is 0 Å². The molecule has 0 spiro atoms. The summed E-state index contributed by atoms with van der Waals surface area (Å²) < 4.78 is 11.3. The monoisotopic (exact) mass is 334 g/mol. The van der Waals surface area contributed by atoms with Crippen molar-refractivity contribution in [2.45, 2.75) is 31.6 Å². The quantitative estimate of drug-likeness (QED) is 0.917. The summed E-state index contributed by atoms with van der Waals surface area (Å²) in [7, 11) is 0. The van der Waals surface area contributed by atoms with Crippen LogP contribution in [-0.4, -0.2) is 47.9 Å². The molecule has 2 aromatic rings. The number of carbonyl (C=O) groups excluding carboxylic acids is 1. The predicted octanol–water partition coefficient (Wildman–Crippen LogP) is 3.19. The number of H-pyrrole nitrogens is 1. The average Bonchev–Trinajstić information content (AvgIpc) is 3.23. The van der Waals surface area contributed by atoms with Crippen LogP contribution in [0.2, 0.25) is 5.02 Å². The Balaban J connectivity index is 1.62. The third-order valence-corrected chi connectivity index (χ3v) is 4.82. The molecule has 1 aromatic carbocycles. The van der Waals surface area contributed by atoms with E-state index in [1.807, 2.05) is 29.2 Å². The largest absolute Gasteiger partial charge is 0.351 e. The first kappa shape index (κ1) is 15.0. The molecule has 23 heavy (non-hydrogen) atoms. The lowest BCUT2D eigenvalue weighted by Gasteiger charge is -2.37. The number of hydrogen-bond donors (Lipinski definition) is 1. The molecule has 1 amide bonds. The predicted molar refractivity (Wildman–Crippen MR) is 87.7 cm³/mol. The lowest BCUT2D eigenvalue weighted by Crippen LogP contribution is -2.50. The lowest BCUT2D eigenvalue weighted by molar-refractivity contribution is -0.100. The second-order valence-electron chi connectivity index (χ2n) is 6.09. The number of piperidine rings is 1. The molecular weight excluding hydrogens is 316 g/mol. The minimum Gasteiger partial charge on any atom is -0.351 e. The summed E-state index contributed by atoms with van der Waals surface area (Å²) in [5.74, 6) is 0.00104. The van der Waals surface area contributed by atoms with Gasteiger partial charge in [0.1, 0.15) is 5.69 Å². The first-order valence-electron chi connectivity index (χ1n) is 8.05. The van der Waals surface area contributed by atoms with E-state index in [0.29, 0.717) is 23.9 Å². The maximum absolute atomic E-state index is 13.0. The van der Waals surface area contributed by atoms with Gasteiger partial charge in [-0.2, -0.15) is 0 Å². The molecule has 4 rings (SSSR count). The second-order valence-corrected chi connectivity index (χ2v) is 6.52. The molecule has 0 radical (unpaired) electrons. The molecule has 0 bridgehead atoms. The normalized spacial score (nSPS) is 22.8. The van der Waals surface area contributed by atoms with Crippen LogP contribution in [0.3, 0.4) is 0 Å². The maximum Gasteiger partial charge on any atom is 0.270 e. The van der Waals surface area contributed by atoms with Crippen LogP contribution in [0.25, 0.3) is 10.9 Å². The molecule has 122 valence electrons. The molecule has 2 fully saturated rings. The van der Waals surface area contributed by atoms with Crippen LogP contribution < -0.4 is 0 Å². The van der Waals surface area contributed by atoms with Gasteiger partial charge in [0.05, 0.1) is 19.3 Å². The van der Waals surface area contributed by atoms with Gasteiger partial charge in [-0.3, -0.25) is 4.79 Å². The van der Waals surface area contributed by atoms with Crippen molar-refractivity contribution in [1.82, 2.24) is 9.88 Å². The van der Waals surface area contributed by atoms with Gasteiger partial charge in [0.2, 0.25) is 0 Å². The van der Waals surface area contributed by atoms with Crippen LogP contribution in [0.1, 0.15) is 29.8 Å². The number of halogens is 1. The highest BCUT2D eigenvalue weighted by atomic mass is 35.5. The van der Waals surface area contributed by atoms with E-state index in [9.17, 15) is 4.79 Å². The topological polar surface area (TPSA) is 54.6 Å². The molecular formula is C17H19ClN2O3. The number of hydrogen-bond acceptors (Lipinski definition) is 3. The highest BCUT2D eigenvalue weighted by Gasteiger charge is 2.36. The molecule has 3 heterocycles. The lowest BCUT2D eigenvalue weighted by atomic mass is 10.0. The zero-order valence-electron chi connectivity index (χ0n) is 12.8. The molecule has 1 N–H and O–H groups in total. The maximum atomic E-state index is 13.0. The molecule has 0 aliphatic carbocycles. The molecule has 0 saturated carbocycles. The average molecular weight is 335 g/mol. The molecule has 2 aliphatic heterocycles. The van der Waals surface area contributed by atoms with Gasteiger partial charge in [-0.15, -0.1) is 0 Å². The first-order valence-corrected chi connectivity index (χ1v) is 8.42. The summed E-state index contributed by atoms with van der Waals surface area (Å²) in [6.45, 7) is 1.95. The molecule has 0 unspecified atom stereocenters. The van der Waals surface area contributed by atoms with E-state index < -0.39 is 0 Å². The fourth-order valence-corrected chi connectivity index (χ4v) is 3.65. The van der Waals surface area contributed by atoms with Crippen LogP contribution in [0.5, 0.6) is 0 Å². The van der Waals surface area contributed by atoms with E-state index in [-0.39, 0.29) is 18.2 Å². The summed E-state index contributed by atoms with van der Waals surface area (Å²) >= 11 is 6.02. The number of likely N-dealkylation sites (tertiary alicyclic amines) is 1. The summed E-state index contributed by atoms with van der Waals surface area (Å²) in [4.78, 5) is 18.1. The molecule has 2 saturated heterocycles. The minimum atomic E-state index is -0.293. The Morgan fingerprint density at radius 2 is 2.04 bits per heavy atom. The molecule has 1 atom stereocenters. The van der Waals surface area contributed by atoms with Gasteiger partial charge in [-0.25, -0.2) is 0 Å². The number of amides is 1. The first-order chi connectivity index (χ1) is 11.2. The number of aromatic nitrogens is 1. The van der Waals surface area contributed by atoms with E-state index in [1.54, 1.807) is 0 Å². The van der Waals surface area contributed by atoms with Crippen LogP contribution in [-0.2, 0) is 9.47 Å². The van der Waals surface area contributed by atoms with E-state index in [0.717, 1.165) is 36.7 Å². The van der Waals surface area contributed by atoms with Crippen LogP contribution in [0, 0.1) is 0 Å². The smallest absolute Gasteiger partial charge is 0.270 e. The Kier molecular flexibility index (Phi) is 4.01. The standard InChI is InChI=1S/C17H19ClN2O3/c18-12-4-5-13-11(9-12)10-14(19-13)16(21)20-6-2-1-3-15(20)17-22-7-8-23-17/h4-5,9-10,15,17,19H,1-3,6-8H2/t15-/m1/s1. The summed E-state index contributed by atoms with van der Waals surface area (Å²) in [6, 6.07) is 7.44. The van der Waals surface area contributed by atoms with Crippen LogP contribution in [0.4, 0.5) is 0 Å². The highest BCUT2D eigenvalue weighted by molar-refractivity contribution is 6.31. The van der Waals surface area contributed by atoms with E-state index in [4.69, 9.17) is 21.1 Å². The number of rotatable bonds is 2. The number of fused-ring (bicyclic) bond motifs is 1.